The summed E-state index contributed by atoms with van der Waals surface area (Å²) in [6.45, 7) is 1.07. The molecule has 1 aromatic heterocycles. The molecule has 130 valence electrons. The summed E-state index contributed by atoms with van der Waals surface area (Å²) in [6, 6.07) is 8.58. The average Bonchev–Trinajstić information content (AvgIpc) is 2.65. The number of esters is 2. The van der Waals surface area contributed by atoms with Gasteiger partial charge in [0.1, 0.15) is 6.54 Å². The normalized spacial score (nSPS) is 9.96. The number of para-hydroxylation sites is 1. The molecule has 0 aliphatic carbocycles. The molecule has 0 aliphatic rings. The molecule has 8 nitrogen and oxygen atoms in total. The highest BCUT2D eigenvalue weighted by Gasteiger charge is 2.21. The summed E-state index contributed by atoms with van der Waals surface area (Å²) in [7, 11) is 0. The fourth-order valence-electron chi connectivity index (χ4n) is 1.95. The zero-order valence-electron chi connectivity index (χ0n) is 13.6. The van der Waals surface area contributed by atoms with Crippen molar-refractivity contribution in [2.24, 2.45) is 0 Å². The molecule has 0 saturated heterocycles. The standard InChI is InChI=1S/C17H17N3O5/c1-2-24-16(22)11-20(13-6-4-3-5-7-13)15(21)12-25-17(23)14-10-18-8-9-19-14/h3-10H,2,11-12H2,1H3. The Labute approximate surface area is 144 Å². The highest BCUT2D eigenvalue weighted by atomic mass is 16.5. The second-order valence-electron chi connectivity index (χ2n) is 4.79. The fourth-order valence-corrected chi connectivity index (χ4v) is 1.95. The summed E-state index contributed by atoms with van der Waals surface area (Å²) in [5.74, 6) is -1.89. The van der Waals surface area contributed by atoms with E-state index in [2.05, 4.69) is 9.97 Å². The predicted octanol–water partition coefficient (Wildman–Crippen LogP) is 1.23. The number of amides is 1. The zero-order chi connectivity index (χ0) is 18.1. The molecule has 1 heterocycles. The van der Waals surface area contributed by atoms with E-state index in [0.29, 0.717) is 5.69 Å². The smallest absolute Gasteiger partial charge is 0.359 e. The van der Waals surface area contributed by atoms with Crippen molar-refractivity contribution in [1.29, 1.82) is 0 Å². The molecule has 0 N–H and O–H groups in total. The van der Waals surface area contributed by atoms with Crippen LogP contribution in [0.3, 0.4) is 0 Å². The van der Waals surface area contributed by atoms with E-state index in [4.69, 9.17) is 9.47 Å². The van der Waals surface area contributed by atoms with Gasteiger partial charge < -0.3 is 9.47 Å². The molecule has 0 radical (unpaired) electrons. The summed E-state index contributed by atoms with van der Waals surface area (Å²) in [5.41, 5.74) is 0.489. The third kappa shape index (κ3) is 5.38. The first-order chi connectivity index (χ1) is 12.1. The maximum atomic E-state index is 12.4. The van der Waals surface area contributed by atoms with Crippen LogP contribution in [0.5, 0.6) is 0 Å². The largest absolute Gasteiger partial charge is 0.465 e. The zero-order valence-corrected chi connectivity index (χ0v) is 13.6. The molecule has 0 unspecified atom stereocenters. The van der Waals surface area contributed by atoms with Crippen molar-refractivity contribution in [2.75, 3.05) is 24.7 Å². The quantitative estimate of drug-likeness (QED) is 0.697. The van der Waals surface area contributed by atoms with Crippen LogP contribution in [0.2, 0.25) is 0 Å². The van der Waals surface area contributed by atoms with Crippen LogP contribution in [0, 0.1) is 0 Å². The van der Waals surface area contributed by atoms with Gasteiger partial charge in [-0.05, 0) is 19.1 Å². The summed E-state index contributed by atoms with van der Waals surface area (Å²) < 4.78 is 9.83. The molecule has 0 fully saturated rings. The van der Waals surface area contributed by atoms with Crippen LogP contribution in [0.4, 0.5) is 5.69 Å². The molecule has 8 heteroatoms. The van der Waals surface area contributed by atoms with E-state index in [1.807, 2.05) is 0 Å². The second kappa shape index (κ2) is 9.11. The van der Waals surface area contributed by atoms with Gasteiger partial charge in [-0.3, -0.25) is 19.5 Å². The number of ether oxygens (including phenoxy) is 2. The van der Waals surface area contributed by atoms with Crippen molar-refractivity contribution >= 4 is 23.5 Å². The molecule has 0 bridgehead atoms. The minimum atomic E-state index is -0.773. The third-order valence-corrected chi connectivity index (χ3v) is 3.06. The highest BCUT2D eigenvalue weighted by Crippen LogP contribution is 2.14. The SMILES string of the molecule is CCOC(=O)CN(C(=O)COC(=O)c1cnccn1)c1ccccc1. The number of hydrogen-bond acceptors (Lipinski definition) is 7. The Morgan fingerprint density at radius 3 is 2.48 bits per heavy atom. The Hall–Kier alpha value is -3.29. The van der Waals surface area contributed by atoms with Gasteiger partial charge in [-0.2, -0.15) is 0 Å². The first kappa shape index (κ1) is 18.1. The molecule has 0 aliphatic heterocycles. The molecule has 0 spiro atoms. The first-order valence-electron chi connectivity index (χ1n) is 7.56. The number of anilines is 1. The van der Waals surface area contributed by atoms with E-state index < -0.39 is 24.5 Å². The summed E-state index contributed by atoms with van der Waals surface area (Å²) in [6.07, 6.45) is 3.99. The minimum absolute atomic E-state index is 0.00745. The molecule has 2 aromatic rings. The predicted molar refractivity (Wildman–Crippen MR) is 87.7 cm³/mol. The molecule has 2 rings (SSSR count). The molecule has 25 heavy (non-hydrogen) atoms. The van der Waals surface area contributed by atoms with Gasteiger partial charge in [-0.15, -0.1) is 0 Å². The molecular formula is C17H17N3O5. The van der Waals surface area contributed by atoms with Crippen LogP contribution in [0.15, 0.2) is 48.9 Å². The number of carbonyl (C=O) groups excluding carboxylic acids is 3. The Morgan fingerprint density at radius 2 is 1.84 bits per heavy atom. The third-order valence-electron chi connectivity index (χ3n) is 3.06. The Morgan fingerprint density at radius 1 is 1.08 bits per heavy atom. The van der Waals surface area contributed by atoms with Crippen LogP contribution < -0.4 is 4.90 Å². The molecule has 0 saturated carbocycles. The number of benzene rings is 1. The molecule has 1 aromatic carbocycles. The number of hydrogen-bond donors (Lipinski definition) is 0. The van der Waals surface area contributed by atoms with Gasteiger partial charge in [0.05, 0.1) is 12.8 Å². The van der Waals surface area contributed by atoms with Gasteiger partial charge in [0, 0.05) is 18.1 Å². The van der Waals surface area contributed by atoms with E-state index in [9.17, 15) is 14.4 Å². The number of rotatable bonds is 7. The first-order valence-corrected chi connectivity index (χ1v) is 7.56. The lowest BCUT2D eigenvalue weighted by atomic mass is 10.3. The summed E-state index contributed by atoms with van der Waals surface area (Å²) >= 11 is 0. The Bertz CT molecular complexity index is 722. The van der Waals surface area contributed by atoms with Crippen molar-refractivity contribution in [3.63, 3.8) is 0 Å². The van der Waals surface area contributed by atoms with Crippen LogP contribution in [0.1, 0.15) is 17.4 Å². The van der Waals surface area contributed by atoms with E-state index in [-0.39, 0.29) is 18.8 Å². The minimum Gasteiger partial charge on any atom is -0.465 e. The number of nitrogens with zero attached hydrogens (tertiary/aromatic N) is 3. The lowest BCUT2D eigenvalue weighted by molar-refractivity contribution is -0.142. The van der Waals surface area contributed by atoms with Crippen LogP contribution >= 0.6 is 0 Å². The van der Waals surface area contributed by atoms with Crippen LogP contribution in [0.25, 0.3) is 0 Å². The number of carbonyl (C=O) groups is 3. The van der Waals surface area contributed by atoms with Gasteiger partial charge in [0.15, 0.2) is 12.3 Å². The van der Waals surface area contributed by atoms with Crippen molar-refractivity contribution in [2.45, 2.75) is 6.92 Å². The van der Waals surface area contributed by atoms with Crippen molar-refractivity contribution in [3.05, 3.63) is 54.6 Å². The lowest BCUT2D eigenvalue weighted by Crippen LogP contribution is -2.39. The van der Waals surface area contributed by atoms with E-state index in [0.717, 1.165) is 0 Å². The van der Waals surface area contributed by atoms with Gasteiger partial charge in [-0.1, -0.05) is 18.2 Å². The topological polar surface area (TPSA) is 98.7 Å². The van der Waals surface area contributed by atoms with E-state index in [1.54, 1.807) is 37.3 Å². The van der Waals surface area contributed by atoms with Crippen molar-refractivity contribution < 1.29 is 23.9 Å². The second-order valence-corrected chi connectivity index (χ2v) is 4.79. The fraction of sp³-hybridized carbons (Fsp3) is 0.235. The Balaban J connectivity index is 2.04. The van der Waals surface area contributed by atoms with Gasteiger partial charge in [0.2, 0.25) is 0 Å². The van der Waals surface area contributed by atoms with Crippen LogP contribution in [-0.2, 0) is 19.1 Å². The summed E-state index contributed by atoms with van der Waals surface area (Å²) in [5, 5.41) is 0. The van der Waals surface area contributed by atoms with E-state index in [1.165, 1.54) is 23.5 Å². The Kier molecular flexibility index (Phi) is 6.58. The van der Waals surface area contributed by atoms with Gasteiger partial charge in [-0.25, -0.2) is 9.78 Å². The average molecular weight is 343 g/mol. The maximum absolute atomic E-state index is 12.4. The summed E-state index contributed by atoms with van der Waals surface area (Å²) in [4.78, 5) is 44.8. The van der Waals surface area contributed by atoms with Crippen LogP contribution in [-0.4, -0.2) is 47.6 Å². The van der Waals surface area contributed by atoms with E-state index >= 15 is 0 Å². The lowest BCUT2D eigenvalue weighted by Gasteiger charge is -2.21. The van der Waals surface area contributed by atoms with Crippen molar-refractivity contribution in [1.82, 2.24) is 9.97 Å². The van der Waals surface area contributed by atoms with Gasteiger partial charge in [0.25, 0.3) is 5.91 Å². The maximum Gasteiger partial charge on any atom is 0.359 e. The molecular weight excluding hydrogens is 326 g/mol. The molecule has 1 amide bonds. The number of aromatic nitrogens is 2. The monoisotopic (exact) mass is 343 g/mol. The highest BCUT2D eigenvalue weighted by molar-refractivity contribution is 5.99. The van der Waals surface area contributed by atoms with Gasteiger partial charge >= 0.3 is 11.9 Å². The van der Waals surface area contributed by atoms with Crippen molar-refractivity contribution in [3.8, 4) is 0 Å². The molecule has 0 atom stereocenters.